The largest absolute Gasteiger partial charge is 0.494 e. The molecule has 0 spiro atoms. The maximum atomic E-state index is 5.90. The molecule has 0 bridgehead atoms. The van der Waals surface area contributed by atoms with Gasteiger partial charge in [-0.3, -0.25) is 0 Å². The highest BCUT2D eigenvalue weighted by Crippen LogP contribution is 2.28. The van der Waals surface area contributed by atoms with Crippen LogP contribution in [0.25, 0.3) is 11.0 Å². The first kappa shape index (κ1) is 14.2. The number of hydrogen-bond acceptors (Lipinski definition) is 2. The van der Waals surface area contributed by atoms with Gasteiger partial charge in [0, 0.05) is 18.8 Å². The molecule has 2 rings (SSSR count). The molecule has 1 aromatic carbocycles. The van der Waals surface area contributed by atoms with Crippen molar-refractivity contribution in [2.45, 2.75) is 33.7 Å². The number of aryl methyl sites for hydroxylation is 1. The van der Waals surface area contributed by atoms with Crippen LogP contribution < -0.4 is 4.74 Å². The molecule has 19 heavy (non-hydrogen) atoms. The Kier molecular flexibility index (Phi) is 4.04. The van der Waals surface area contributed by atoms with E-state index in [0.717, 1.165) is 35.6 Å². The van der Waals surface area contributed by atoms with Crippen LogP contribution in [0.5, 0.6) is 5.75 Å². The molecule has 0 saturated carbocycles. The number of aromatic nitrogens is 2. The molecule has 1 heterocycles. The van der Waals surface area contributed by atoms with Gasteiger partial charge in [0.2, 0.25) is 0 Å². The van der Waals surface area contributed by atoms with Crippen molar-refractivity contribution in [2.24, 2.45) is 5.41 Å². The number of rotatable bonds is 4. The van der Waals surface area contributed by atoms with Crippen molar-refractivity contribution in [2.75, 3.05) is 13.0 Å². The van der Waals surface area contributed by atoms with Crippen molar-refractivity contribution in [3.8, 4) is 5.75 Å². The molecule has 0 fully saturated rings. The average Bonchev–Trinajstić information content (AvgIpc) is 2.66. The Bertz CT molecular complexity index is 569. The predicted octanol–water partition coefficient (Wildman–Crippen LogP) is 3.87. The summed E-state index contributed by atoms with van der Waals surface area (Å²) in [5.41, 5.74) is 2.24. The summed E-state index contributed by atoms with van der Waals surface area (Å²) in [6.45, 7) is 7.60. The SMILES string of the molecule is COc1cccc2c1nc(CCCl)n2CC(C)(C)C. The Labute approximate surface area is 119 Å². The van der Waals surface area contributed by atoms with Crippen molar-refractivity contribution in [3.63, 3.8) is 0 Å². The fraction of sp³-hybridized carbons (Fsp3) is 0.533. The normalized spacial score (nSPS) is 12.1. The maximum absolute atomic E-state index is 5.90. The number of hydrogen-bond donors (Lipinski definition) is 0. The predicted molar refractivity (Wildman–Crippen MR) is 80.2 cm³/mol. The number of halogens is 1. The second kappa shape index (κ2) is 5.41. The highest BCUT2D eigenvalue weighted by atomic mass is 35.5. The number of fused-ring (bicyclic) bond motifs is 1. The van der Waals surface area contributed by atoms with Gasteiger partial charge in [0.25, 0.3) is 0 Å². The van der Waals surface area contributed by atoms with Crippen molar-refractivity contribution in [3.05, 3.63) is 24.0 Å². The smallest absolute Gasteiger partial charge is 0.146 e. The number of imidazole rings is 1. The van der Waals surface area contributed by atoms with E-state index in [1.54, 1.807) is 7.11 Å². The van der Waals surface area contributed by atoms with E-state index < -0.39 is 0 Å². The van der Waals surface area contributed by atoms with Gasteiger partial charge in [-0.2, -0.15) is 0 Å². The van der Waals surface area contributed by atoms with Crippen LogP contribution in [0.2, 0.25) is 0 Å². The zero-order chi connectivity index (χ0) is 14.0. The van der Waals surface area contributed by atoms with E-state index in [1.807, 2.05) is 12.1 Å². The third-order valence-corrected chi connectivity index (χ3v) is 3.18. The number of benzene rings is 1. The number of methoxy groups -OCH3 is 1. The molecular weight excluding hydrogens is 260 g/mol. The van der Waals surface area contributed by atoms with E-state index in [9.17, 15) is 0 Å². The van der Waals surface area contributed by atoms with Gasteiger partial charge >= 0.3 is 0 Å². The van der Waals surface area contributed by atoms with Gasteiger partial charge in [-0.05, 0) is 17.5 Å². The van der Waals surface area contributed by atoms with Crippen LogP contribution in [0.3, 0.4) is 0 Å². The van der Waals surface area contributed by atoms with Gasteiger partial charge < -0.3 is 9.30 Å². The molecule has 0 aliphatic heterocycles. The van der Waals surface area contributed by atoms with Crippen molar-refractivity contribution in [1.29, 1.82) is 0 Å². The van der Waals surface area contributed by atoms with Crippen LogP contribution in [0.4, 0.5) is 0 Å². The van der Waals surface area contributed by atoms with E-state index in [4.69, 9.17) is 21.3 Å². The monoisotopic (exact) mass is 280 g/mol. The van der Waals surface area contributed by atoms with Crippen LogP contribution in [-0.2, 0) is 13.0 Å². The number of nitrogens with zero attached hydrogens (tertiary/aromatic N) is 2. The first-order chi connectivity index (χ1) is 8.96. The van der Waals surface area contributed by atoms with Crippen LogP contribution in [-0.4, -0.2) is 22.5 Å². The first-order valence-electron chi connectivity index (χ1n) is 6.54. The van der Waals surface area contributed by atoms with Crippen molar-refractivity contribution < 1.29 is 4.74 Å². The molecule has 1 aromatic heterocycles. The summed E-state index contributed by atoms with van der Waals surface area (Å²) in [5, 5.41) is 0. The van der Waals surface area contributed by atoms with Gasteiger partial charge in [0.15, 0.2) is 0 Å². The van der Waals surface area contributed by atoms with Gasteiger partial charge in [-0.25, -0.2) is 4.98 Å². The second-order valence-corrected chi connectivity index (χ2v) is 6.32. The maximum Gasteiger partial charge on any atom is 0.146 e. The molecule has 0 atom stereocenters. The van der Waals surface area contributed by atoms with Crippen molar-refractivity contribution >= 4 is 22.6 Å². The summed E-state index contributed by atoms with van der Waals surface area (Å²) in [5.74, 6) is 2.43. The first-order valence-corrected chi connectivity index (χ1v) is 7.08. The molecule has 0 N–H and O–H groups in total. The van der Waals surface area contributed by atoms with Gasteiger partial charge in [-0.1, -0.05) is 26.8 Å². The number of para-hydroxylation sites is 1. The lowest BCUT2D eigenvalue weighted by atomic mass is 9.96. The summed E-state index contributed by atoms with van der Waals surface area (Å²) in [7, 11) is 1.68. The standard InChI is InChI=1S/C15H21ClN2O/c1-15(2,3)10-18-11-6-5-7-12(19-4)14(11)17-13(18)8-9-16/h5-7H,8-10H2,1-4H3. The Morgan fingerprint density at radius 1 is 1.32 bits per heavy atom. The van der Waals surface area contributed by atoms with Crippen LogP contribution in [0.15, 0.2) is 18.2 Å². The highest BCUT2D eigenvalue weighted by Gasteiger charge is 2.18. The Morgan fingerprint density at radius 2 is 2.05 bits per heavy atom. The second-order valence-electron chi connectivity index (χ2n) is 5.94. The zero-order valence-electron chi connectivity index (χ0n) is 12.0. The Balaban J connectivity index is 2.60. The Hall–Kier alpha value is -1.22. The summed E-state index contributed by atoms with van der Waals surface area (Å²) in [6, 6.07) is 6.04. The summed E-state index contributed by atoms with van der Waals surface area (Å²) >= 11 is 5.90. The fourth-order valence-electron chi connectivity index (χ4n) is 2.26. The molecule has 0 saturated heterocycles. The van der Waals surface area contributed by atoms with Crippen molar-refractivity contribution in [1.82, 2.24) is 9.55 Å². The minimum atomic E-state index is 0.192. The molecule has 3 nitrogen and oxygen atoms in total. The van der Waals surface area contributed by atoms with E-state index in [0.29, 0.717) is 5.88 Å². The van der Waals surface area contributed by atoms with Gasteiger partial charge in [0.1, 0.15) is 17.1 Å². The summed E-state index contributed by atoms with van der Waals surface area (Å²) < 4.78 is 7.66. The molecule has 0 aliphatic rings. The number of alkyl halides is 1. The summed E-state index contributed by atoms with van der Waals surface area (Å²) in [4.78, 5) is 4.71. The van der Waals surface area contributed by atoms with E-state index in [1.165, 1.54) is 0 Å². The van der Waals surface area contributed by atoms with Gasteiger partial charge in [0.05, 0.1) is 12.6 Å². The molecule has 2 aromatic rings. The zero-order valence-corrected chi connectivity index (χ0v) is 12.8. The average molecular weight is 281 g/mol. The Morgan fingerprint density at radius 3 is 2.63 bits per heavy atom. The lowest BCUT2D eigenvalue weighted by Crippen LogP contribution is -2.17. The molecule has 104 valence electrons. The minimum absolute atomic E-state index is 0.192. The molecule has 0 unspecified atom stereocenters. The topological polar surface area (TPSA) is 27.1 Å². The van der Waals surface area contributed by atoms with Crippen LogP contribution >= 0.6 is 11.6 Å². The minimum Gasteiger partial charge on any atom is -0.494 e. The third-order valence-electron chi connectivity index (χ3n) is 2.99. The van der Waals surface area contributed by atoms with E-state index >= 15 is 0 Å². The lowest BCUT2D eigenvalue weighted by Gasteiger charge is -2.21. The highest BCUT2D eigenvalue weighted by molar-refractivity contribution is 6.17. The van der Waals surface area contributed by atoms with E-state index in [-0.39, 0.29) is 5.41 Å². The molecule has 0 radical (unpaired) electrons. The number of ether oxygens (including phenoxy) is 1. The van der Waals surface area contributed by atoms with Crippen LogP contribution in [0, 0.1) is 5.41 Å². The third kappa shape index (κ3) is 3.03. The van der Waals surface area contributed by atoms with Crippen LogP contribution in [0.1, 0.15) is 26.6 Å². The van der Waals surface area contributed by atoms with Gasteiger partial charge in [-0.15, -0.1) is 11.6 Å². The lowest BCUT2D eigenvalue weighted by molar-refractivity contribution is 0.343. The molecule has 4 heteroatoms. The molecular formula is C15H21ClN2O. The fourth-order valence-corrected chi connectivity index (χ4v) is 2.43. The summed E-state index contributed by atoms with van der Waals surface area (Å²) in [6.07, 6.45) is 0.773. The quantitative estimate of drug-likeness (QED) is 0.795. The molecule has 0 amide bonds. The molecule has 0 aliphatic carbocycles. The van der Waals surface area contributed by atoms with E-state index in [2.05, 4.69) is 31.4 Å².